The summed E-state index contributed by atoms with van der Waals surface area (Å²) in [6.45, 7) is 0. The van der Waals surface area contributed by atoms with E-state index in [2.05, 4.69) is 0 Å². The van der Waals surface area contributed by atoms with Gasteiger partial charge in [0, 0.05) is 10.8 Å². The molecule has 4 aromatic carbocycles. The van der Waals surface area contributed by atoms with Gasteiger partial charge < -0.3 is 0 Å². The molecule has 0 spiro atoms. The fourth-order valence-electron chi connectivity index (χ4n) is 3.20. The van der Waals surface area contributed by atoms with Crippen molar-refractivity contribution in [1.82, 2.24) is 0 Å². The van der Waals surface area contributed by atoms with Crippen molar-refractivity contribution in [2.24, 2.45) is 0 Å². The summed E-state index contributed by atoms with van der Waals surface area (Å²) in [5.41, 5.74) is 0. The summed E-state index contributed by atoms with van der Waals surface area (Å²) in [6.07, 6.45) is 0. The molecule has 0 bridgehead atoms. The van der Waals surface area contributed by atoms with Crippen molar-refractivity contribution in [2.75, 3.05) is 0 Å². The van der Waals surface area contributed by atoms with Crippen LogP contribution in [-0.2, 0) is 20.2 Å². The summed E-state index contributed by atoms with van der Waals surface area (Å²) in [7, 11) is -9.16. The van der Waals surface area contributed by atoms with Crippen molar-refractivity contribution in [3.8, 4) is 0 Å². The predicted octanol–water partition coefficient (Wildman–Crippen LogP) is 2.43. The van der Waals surface area contributed by atoms with Crippen LogP contribution in [0.4, 0.5) is 0 Å². The minimum absolute atomic E-state index is 0. The summed E-state index contributed by atoms with van der Waals surface area (Å²) < 4.78 is 66.0. The molecule has 0 atom stereocenters. The average Bonchev–Trinajstić information content (AvgIpc) is 2.50. The van der Waals surface area contributed by atoms with Crippen LogP contribution < -0.4 is 0 Å². The molecule has 25 heavy (non-hydrogen) atoms. The molecule has 4 aromatic rings. The van der Waals surface area contributed by atoms with Crippen LogP contribution in [0.1, 0.15) is 0 Å². The van der Waals surface area contributed by atoms with Crippen molar-refractivity contribution in [3.63, 3.8) is 0 Å². The molecule has 0 saturated carbocycles. The van der Waals surface area contributed by atoms with Crippen molar-refractivity contribution < 1.29 is 25.9 Å². The molecule has 4 rings (SSSR count). The zero-order valence-electron chi connectivity index (χ0n) is 12.0. The molecule has 0 heterocycles. The van der Waals surface area contributed by atoms with Gasteiger partial charge in [0.1, 0.15) is 9.79 Å². The fraction of sp³-hybridized carbons (Fsp3) is 0. The number of hydrogen-bond acceptors (Lipinski definition) is 4. The van der Waals surface area contributed by atoms with E-state index in [0.29, 0.717) is 26.9 Å². The summed E-state index contributed by atoms with van der Waals surface area (Å²) in [4.78, 5) is -0.803. The van der Waals surface area contributed by atoms with Gasteiger partial charge in [-0.05, 0) is 33.7 Å². The quantitative estimate of drug-likeness (QED) is 0.311. The molecule has 0 aromatic heterocycles. The van der Waals surface area contributed by atoms with Crippen LogP contribution in [0.3, 0.4) is 0 Å². The number of hydrogen-bond donors (Lipinski definition) is 2. The molecule has 0 aliphatic rings. The van der Waals surface area contributed by atoms with Gasteiger partial charge in [-0.3, -0.25) is 9.11 Å². The second-order valence-corrected chi connectivity index (χ2v) is 8.28. The number of rotatable bonds is 2. The summed E-state index contributed by atoms with van der Waals surface area (Å²) in [6, 6.07) is 12.4. The van der Waals surface area contributed by atoms with Crippen LogP contribution in [0, 0.1) is 0 Å². The Balaban J connectivity index is 0.00000182. The molecule has 0 aliphatic carbocycles. The van der Waals surface area contributed by atoms with Gasteiger partial charge in [0.15, 0.2) is 0 Å². The van der Waals surface area contributed by atoms with Crippen molar-refractivity contribution >= 4 is 82.1 Å². The summed E-state index contributed by atoms with van der Waals surface area (Å²) in [5, 5.41) is 2.77. The third-order valence-electron chi connectivity index (χ3n) is 4.12. The second kappa shape index (κ2) is 5.88. The van der Waals surface area contributed by atoms with Crippen molar-refractivity contribution in [3.05, 3.63) is 48.5 Å². The van der Waals surface area contributed by atoms with Gasteiger partial charge in [0.25, 0.3) is 20.2 Å². The average molecular weight is 386 g/mol. The van der Waals surface area contributed by atoms with E-state index >= 15 is 0 Å². The van der Waals surface area contributed by atoms with E-state index in [1.807, 2.05) is 0 Å². The van der Waals surface area contributed by atoms with Gasteiger partial charge >= 0.3 is 29.6 Å². The Labute approximate surface area is 165 Å². The predicted molar refractivity (Wildman–Crippen MR) is 96.9 cm³/mol. The van der Waals surface area contributed by atoms with Gasteiger partial charge in [-0.15, -0.1) is 0 Å². The third kappa shape index (κ3) is 2.83. The summed E-state index contributed by atoms with van der Waals surface area (Å²) >= 11 is 0. The van der Waals surface area contributed by atoms with Gasteiger partial charge in [-0.1, -0.05) is 36.4 Å². The first-order valence-electron chi connectivity index (χ1n) is 6.83. The monoisotopic (exact) mass is 386 g/mol. The normalized spacial score (nSPS) is 12.7. The van der Waals surface area contributed by atoms with E-state index < -0.39 is 30.0 Å². The van der Waals surface area contributed by atoms with Crippen LogP contribution in [0.25, 0.3) is 32.3 Å². The number of benzene rings is 4. The van der Waals surface area contributed by atoms with Crippen molar-refractivity contribution in [1.29, 1.82) is 0 Å². The standard InChI is InChI=1S/C16H10O6S2.Na.H/c17-23(18,19)13-7-6-10-5-4-9-2-1-3-11-14(24(20,21)22)8-12(13)16(10)15(9)11;;/h1-8H,(H,17,18,19)(H,20,21,22);;. The molecule has 0 amide bonds. The first-order valence-corrected chi connectivity index (χ1v) is 9.71. The molecule has 6 nitrogen and oxygen atoms in total. The molecule has 0 radical (unpaired) electrons. The molecule has 0 fully saturated rings. The third-order valence-corrected chi connectivity index (χ3v) is 5.93. The van der Waals surface area contributed by atoms with Gasteiger partial charge in [0.05, 0.1) is 0 Å². The molecule has 0 saturated heterocycles. The topological polar surface area (TPSA) is 109 Å². The molecule has 124 valence electrons. The molecule has 0 unspecified atom stereocenters. The van der Waals surface area contributed by atoms with E-state index in [9.17, 15) is 25.9 Å². The second-order valence-electron chi connectivity index (χ2n) is 5.50. The Morgan fingerprint density at radius 2 is 1.16 bits per heavy atom. The molecular formula is C16H11NaO6S2. The van der Waals surface area contributed by atoms with Gasteiger partial charge in [-0.25, -0.2) is 0 Å². The summed E-state index contributed by atoms with van der Waals surface area (Å²) in [5.74, 6) is 0. The Morgan fingerprint density at radius 3 is 1.76 bits per heavy atom. The first kappa shape index (κ1) is 18.5. The van der Waals surface area contributed by atoms with Gasteiger partial charge in [-0.2, -0.15) is 16.8 Å². The van der Waals surface area contributed by atoms with Crippen LogP contribution in [0.2, 0.25) is 0 Å². The van der Waals surface area contributed by atoms with Crippen LogP contribution >= 0.6 is 0 Å². The van der Waals surface area contributed by atoms with Crippen LogP contribution in [-0.4, -0.2) is 55.5 Å². The SMILES string of the molecule is O=S(=O)(O)c1cc2c(S(=O)(=O)O)ccc3ccc4cccc1c4c32.[NaH]. The maximum atomic E-state index is 11.8. The minimum atomic E-state index is -4.59. The zero-order chi connectivity index (χ0) is 17.3. The van der Waals surface area contributed by atoms with Gasteiger partial charge in [0.2, 0.25) is 0 Å². The van der Waals surface area contributed by atoms with E-state index in [0.717, 1.165) is 6.07 Å². The molecule has 9 heteroatoms. The first-order chi connectivity index (χ1) is 11.2. The van der Waals surface area contributed by atoms with E-state index in [1.165, 1.54) is 6.07 Å². The van der Waals surface area contributed by atoms with Crippen LogP contribution in [0.5, 0.6) is 0 Å². The molecular weight excluding hydrogens is 375 g/mol. The fourth-order valence-corrected chi connectivity index (χ4v) is 4.59. The van der Waals surface area contributed by atoms with E-state index in [-0.39, 0.29) is 34.9 Å². The van der Waals surface area contributed by atoms with E-state index in [4.69, 9.17) is 0 Å². The van der Waals surface area contributed by atoms with Crippen LogP contribution in [0.15, 0.2) is 58.3 Å². The Bertz CT molecular complexity index is 1330. The Kier molecular flexibility index (Phi) is 4.36. The van der Waals surface area contributed by atoms with Crippen molar-refractivity contribution in [2.45, 2.75) is 9.79 Å². The Hall–Kier alpha value is -1.26. The van der Waals surface area contributed by atoms with E-state index in [1.54, 1.807) is 36.4 Å². The molecule has 2 N–H and O–H groups in total. The molecule has 0 aliphatic heterocycles. The Morgan fingerprint density at radius 1 is 0.640 bits per heavy atom. The zero-order valence-corrected chi connectivity index (χ0v) is 13.6. The maximum absolute atomic E-state index is 11.8.